The Balaban J connectivity index is 2.10. The zero-order valence-corrected chi connectivity index (χ0v) is 13.0. The molecule has 0 unspecified atom stereocenters. The molecule has 0 aromatic heterocycles. The molecule has 0 spiro atoms. The lowest BCUT2D eigenvalue weighted by Crippen LogP contribution is -2.16. The Hall–Kier alpha value is -1.23. The normalized spacial score (nSPS) is 18.1. The number of terminal acetylenes is 1. The van der Waals surface area contributed by atoms with Crippen LogP contribution < -0.4 is 0 Å². The predicted octanol–water partition coefficient (Wildman–Crippen LogP) is 4.78. The lowest BCUT2D eigenvalue weighted by atomic mass is 10.1. The highest BCUT2D eigenvalue weighted by molar-refractivity contribution is 5.70. The van der Waals surface area contributed by atoms with Gasteiger partial charge in [0, 0.05) is 12.0 Å². The second-order valence-electron chi connectivity index (χ2n) is 5.69. The van der Waals surface area contributed by atoms with Crippen LogP contribution in [0, 0.1) is 12.3 Å². The lowest BCUT2D eigenvalue weighted by molar-refractivity contribution is -0.147. The monoisotopic (exact) mass is 276 g/mol. The summed E-state index contributed by atoms with van der Waals surface area (Å²) >= 11 is 0. The van der Waals surface area contributed by atoms with Crippen molar-refractivity contribution in [2.75, 3.05) is 0 Å². The van der Waals surface area contributed by atoms with Crippen molar-refractivity contribution in [2.45, 2.75) is 84.2 Å². The molecule has 2 heteroatoms. The summed E-state index contributed by atoms with van der Waals surface area (Å²) in [7, 11) is 0. The maximum Gasteiger partial charge on any atom is 0.306 e. The number of carbonyl (C=O) groups is 1. The second-order valence-corrected chi connectivity index (χ2v) is 5.69. The highest BCUT2D eigenvalue weighted by atomic mass is 16.5. The quantitative estimate of drug-likeness (QED) is 0.344. The van der Waals surface area contributed by atoms with Crippen LogP contribution >= 0.6 is 0 Å². The number of rotatable bonds is 9. The number of ether oxygens (including phenoxy) is 1. The van der Waals surface area contributed by atoms with Gasteiger partial charge in [-0.05, 0) is 31.8 Å². The molecule has 1 atom stereocenters. The summed E-state index contributed by atoms with van der Waals surface area (Å²) in [5, 5.41) is 0. The first kappa shape index (κ1) is 16.8. The highest BCUT2D eigenvalue weighted by Crippen LogP contribution is 2.28. The fraction of sp³-hybridized carbons (Fsp3) is 0.722. The molecule has 1 aliphatic carbocycles. The third kappa shape index (κ3) is 5.82. The summed E-state index contributed by atoms with van der Waals surface area (Å²) in [6.45, 7) is 4.20. The molecular formula is C18H28O2. The Morgan fingerprint density at radius 3 is 2.50 bits per heavy atom. The van der Waals surface area contributed by atoms with Crippen molar-refractivity contribution in [2.24, 2.45) is 0 Å². The fourth-order valence-corrected chi connectivity index (χ4v) is 2.66. The molecular weight excluding hydrogens is 248 g/mol. The third-order valence-electron chi connectivity index (χ3n) is 4.05. The van der Waals surface area contributed by atoms with Crippen LogP contribution in [0.15, 0.2) is 11.1 Å². The minimum absolute atomic E-state index is 0.0684. The topological polar surface area (TPSA) is 26.3 Å². The molecule has 0 radical (unpaired) electrons. The van der Waals surface area contributed by atoms with Crippen molar-refractivity contribution in [1.82, 2.24) is 0 Å². The van der Waals surface area contributed by atoms with Crippen molar-refractivity contribution in [3.8, 4) is 12.3 Å². The molecule has 0 amide bonds. The van der Waals surface area contributed by atoms with Crippen molar-refractivity contribution in [3.63, 3.8) is 0 Å². The van der Waals surface area contributed by atoms with E-state index in [-0.39, 0.29) is 12.1 Å². The molecule has 0 bridgehead atoms. The maximum atomic E-state index is 11.8. The minimum atomic E-state index is -0.0712. The summed E-state index contributed by atoms with van der Waals surface area (Å²) in [5.41, 5.74) is 2.08. The Kier molecular flexibility index (Phi) is 8.11. The largest absolute Gasteiger partial charge is 0.458 e. The van der Waals surface area contributed by atoms with Crippen LogP contribution in [-0.2, 0) is 9.53 Å². The summed E-state index contributed by atoms with van der Waals surface area (Å²) < 4.78 is 5.51. The summed E-state index contributed by atoms with van der Waals surface area (Å²) in [6.07, 6.45) is 16.1. The van der Waals surface area contributed by atoms with E-state index in [0.717, 1.165) is 36.8 Å². The van der Waals surface area contributed by atoms with E-state index >= 15 is 0 Å². The number of carbonyl (C=O) groups excluding carboxylic acids is 1. The van der Waals surface area contributed by atoms with Crippen LogP contribution in [0.4, 0.5) is 0 Å². The van der Waals surface area contributed by atoms with Crippen LogP contribution in [0.5, 0.6) is 0 Å². The van der Waals surface area contributed by atoms with Crippen molar-refractivity contribution in [1.29, 1.82) is 0 Å². The standard InChI is InChI=1S/C18H28O2/c1-4-6-7-8-9-10-11-12-18(19)20-17-14-13-16(5-2)15(17)3/h2,17H,4,6-14H2,1,3H3/t17-/m1/s1. The molecule has 0 aromatic carbocycles. The third-order valence-corrected chi connectivity index (χ3v) is 4.05. The Morgan fingerprint density at radius 1 is 1.25 bits per heavy atom. The van der Waals surface area contributed by atoms with Crippen LogP contribution in [0.25, 0.3) is 0 Å². The molecule has 112 valence electrons. The van der Waals surface area contributed by atoms with Gasteiger partial charge in [-0.2, -0.15) is 0 Å². The van der Waals surface area contributed by atoms with E-state index in [1.807, 2.05) is 6.92 Å². The number of unbranched alkanes of at least 4 members (excludes halogenated alkanes) is 6. The molecule has 0 heterocycles. The number of hydrogen-bond acceptors (Lipinski definition) is 2. The van der Waals surface area contributed by atoms with Crippen LogP contribution in [0.2, 0.25) is 0 Å². The predicted molar refractivity (Wildman–Crippen MR) is 83.3 cm³/mol. The van der Waals surface area contributed by atoms with Gasteiger partial charge < -0.3 is 4.74 Å². The van der Waals surface area contributed by atoms with E-state index in [4.69, 9.17) is 11.2 Å². The van der Waals surface area contributed by atoms with Crippen LogP contribution in [-0.4, -0.2) is 12.1 Å². The van der Waals surface area contributed by atoms with E-state index in [1.165, 1.54) is 32.1 Å². The second kappa shape index (κ2) is 9.64. The first-order valence-electron chi connectivity index (χ1n) is 8.04. The Bertz CT molecular complexity index is 373. The van der Waals surface area contributed by atoms with Gasteiger partial charge in [0.25, 0.3) is 0 Å². The molecule has 0 aliphatic heterocycles. The molecule has 0 fully saturated rings. The van der Waals surface area contributed by atoms with Gasteiger partial charge in [0.2, 0.25) is 0 Å². The molecule has 20 heavy (non-hydrogen) atoms. The Labute approximate surface area is 124 Å². The molecule has 0 N–H and O–H groups in total. The summed E-state index contributed by atoms with van der Waals surface area (Å²) in [6, 6.07) is 0. The van der Waals surface area contributed by atoms with Crippen LogP contribution in [0.1, 0.15) is 78.1 Å². The molecule has 0 saturated heterocycles. The number of allylic oxidation sites excluding steroid dienone is 1. The first-order valence-corrected chi connectivity index (χ1v) is 8.04. The summed E-state index contributed by atoms with van der Waals surface area (Å²) in [5.74, 6) is 2.61. The molecule has 0 aromatic rings. The van der Waals surface area contributed by atoms with Gasteiger partial charge in [0.05, 0.1) is 0 Å². The van der Waals surface area contributed by atoms with Gasteiger partial charge in [0.1, 0.15) is 6.10 Å². The number of esters is 1. The van der Waals surface area contributed by atoms with Gasteiger partial charge in [-0.15, -0.1) is 6.42 Å². The van der Waals surface area contributed by atoms with E-state index < -0.39 is 0 Å². The van der Waals surface area contributed by atoms with Crippen molar-refractivity contribution >= 4 is 5.97 Å². The van der Waals surface area contributed by atoms with Gasteiger partial charge >= 0.3 is 5.97 Å². The molecule has 1 rings (SSSR count). The average Bonchev–Trinajstić information content (AvgIpc) is 2.78. The van der Waals surface area contributed by atoms with E-state index in [9.17, 15) is 4.79 Å². The van der Waals surface area contributed by atoms with E-state index in [0.29, 0.717) is 6.42 Å². The smallest absolute Gasteiger partial charge is 0.306 e. The SMILES string of the molecule is C#CC1=C(C)[C@H](OC(=O)CCCCCCCCC)CC1. The van der Waals surface area contributed by atoms with Gasteiger partial charge in [0.15, 0.2) is 0 Å². The number of hydrogen-bond donors (Lipinski definition) is 0. The highest BCUT2D eigenvalue weighted by Gasteiger charge is 2.24. The maximum absolute atomic E-state index is 11.8. The minimum Gasteiger partial charge on any atom is -0.458 e. The van der Waals surface area contributed by atoms with Crippen molar-refractivity contribution < 1.29 is 9.53 Å². The van der Waals surface area contributed by atoms with E-state index in [1.54, 1.807) is 0 Å². The van der Waals surface area contributed by atoms with Crippen molar-refractivity contribution in [3.05, 3.63) is 11.1 Å². The molecule has 2 nitrogen and oxygen atoms in total. The van der Waals surface area contributed by atoms with Gasteiger partial charge in [-0.25, -0.2) is 0 Å². The van der Waals surface area contributed by atoms with Gasteiger partial charge in [-0.3, -0.25) is 4.79 Å². The Morgan fingerprint density at radius 2 is 1.90 bits per heavy atom. The molecule has 0 saturated carbocycles. The summed E-state index contributed by atoms with van der Waals surface area (Å²) in [4.78, 5) is 11.8. The fourth-order valence-electron chi connectivity index (χ4n) is 2.66. The molecule has 1 aliphatic rings. The zero-order valence-electron chi connectivity index (χ0n) is 13.0. The lowest BCUT2D eigenvalue weighted by Gasteiger charge is -2.13. The zero-order chi connectivity index (χ0) is 14.8. The first-order chi connectivity index (χ1) is 9.69. The van der Waals surface area contributed by atoms with Crippen LogP contribution in [0.3, 0.4) is 0 Å². The average molecular weight is 276 g/mol. The van der Waals surface area contributed by atoms with Gasteiger partial charge in [-0.1, -0.05) is 51.4 Å². The van der Waals surface area contributed by atoms with E-state index in [2.05, 4.69) is 12.8 Å².